The standard InChI is InChI=1S/C26H38N2O2/c1-3-5-7-8-9-10-11-13-14-23-20-28-25(21-27-23)22-16-18-24(19-17-22)30-26(29)15-12-6-4-2/h16-21H,3-15H2,1-2H3. The second-order valence-electron chi connectivity index (χ2n) is 8.07. The molecule has 30 heavy (non-hydrogen) atoms. The van der Waals surface area contributed by atoms with E-state index < -0.39 is 0 Å². The van der Waals surface area contributed by atoms with Gasteiger partial charge in [0, 0.05) is 18.2 Å². The monoisotopic (exact) mass is 410 g/mol. The highest BCUT2D eigenvalue weighted by Gasteiger charge is 2.06. The van der Waals surface area contributed by atoms with Crippen molar-refractivity contribution in [3.8, 4) is 17.0 Å². The highest BCUT2D eigenvalue weighted by Crippen LogP contribution is 2.21. The summed E-state index contributed by atoms with van der Waals surface area (Å²) in [5.74, 6) is 0.417. The molecule has 4 nitrogen and oxygen atoms in total. The first-order valence-corrected chi connectivity index (χ1v) is 11.8. The molecule has 0 fully saturated rings. The molecule has 0 bridgehead atoms. The van der Waals surface area contributed by atoms with Crippen LogP contribution in [-0.4, -0.2) is 15.9 Å². The summed E-state index contributed by atoms with van der Waals surface area (Å²) in [4.78, 5) is 21.0. The van der Waals surface area contributed by atoms with Gasteiger partial charge < -0.3 is 4.74 Å². The van der Waals surface area contributed by atoms with E-state index in [9.17, 15) is 4.79 Å². The van der Waals surface area contributed by atoms with E-state index in [0.29, 0.717) is 12.2 Å². The molecule has 0 aliphatic rings. The average molecular weight is 411 g/mol. The van der Waals surface area contributed by atoms with Crippen LogP contribution in [0.1, 0.15) is 96.6 Å². The van der Waals surface area contributed by atoms with Crippen LogP contribution in [0, 0.1) is 0 Å². The van der Waals surface area contributed by atoms with Crippen LogP contribution in [0.3, 0.4) is 0 Å². The van der Waals surface area contributed by atoms with Crippen LogP contribution >= 0.6 is 0 Å². The van der Waals surface area contributed by atoms with Crippen molar-refractivity contribution in [2.75, 3.05) is 0 Å². The van der Waals surface area contributed by atoms with Crippen molar-refractivity contribution in [2.24, 2.45) is 0 Å². The Morgan fingerprint density at radius 3 is 2.03 bits per heavy atom. The van der Waals surface area contributed by atoms with Crippen LogP contribution in [-0.2, 0) is 11.2 Å². The van der Waals surface area contributed by atoms with Gasteiger partial charge in [-0.3, -0.25) is 14.8 Å². The molecule has 1 heterocycles. The molecule has 0 N–H and O–H groups in total. The number of esters is 1. The first kappa shape index (κ1) is 24.0. The van der Waals surface area contributed by atoms with E-state index in [1.165, 1.54) is 51.4 Å². The number of hydrogen-bond donors (Lipinski definition) is 0. The maximum Gasteiger partial charge on any atom is 0.311 e. The minimum Gasteiger partial charge on any atom is -0.427 e. The lowest BCUT2D eigenvalue weighted by molar-refractivity contribution is -0.134. The number of aryl methyl sites for hydroxylation is 1. The number of aromatic nitrogens is 2. The molecule has 2 aromatic rings. The number of carbonyl (C=O) groups is 1. The zero-order valence-corrected chi connectivity index (χ0v) is 18.9. The van der Waals surface area contributed by atoms with Crippen LogP contribution in [0.2, 0.25) is 0 Å². The number of benzene rings is 1. The molecule has 0 radical (unpaired) electrons. The quantitative estimate of drug-likeness (QED) is 0.175. The first-order chi connectivity index (χ1) is 14.7. The average Bonchev–Trinajstić information content (AvgIpc) is 2.77. The van der Waals surface area contributed by atoms with Gasteiger partial charge in [0.15, 0.2) is 0 Å². The van der Waals surface area contributed by atoms with Gasteiger partial charge in [-0.05, 0) is 43.5 Å². The van der Waals surface area contributed by atoms with E-state index in [-0.39, 0.29) is 5.97 Å². The Labute approximate surface area is 182 Å². The van der Waals surface area contributed by atoms with Crippen LogP contribution in [0.4, 0.5) is 0 Å². The molecule has 0 atom stereocenters. The molecule has 0 aliphatic carbocycles. The summed E-state index contributed by atoms with van der Waals surface area (Å²) in [5.41, 5.74) is 2.88. The maximum atomic E-state index is 11.8. The summed E-state index contributed by atoms with van der Waals surface area (Å²) in [6, 6.07) is 7.50. The number of rotatable bonds is 15. The van der Waals surface area contributed by atoms with Crippen LogP contribution in [0.5, 0.6) is 5.75 Å². The third kappa shape index (κ3) is 9.51. The Morgan fingerprint density at radius 1 is 0.767 bits per heavy atom. The smallest absolute Gasteiger partial charge is 0.311 e. The number of ether oxygens (including phenoxy) is 1. The molecule has 1 aromatic carbocycles. The fourth-order valence-electron chi connectivity index (χ4n) is 3.47. The predicted octanol–water partition coefficient (Wildman–Crippen LogP) is 7.31. The van der Waals surface area contributed by atoms with Crippen molar-refractivity contribution in [2.45, 2.75) is 97.3 Å². The molecule has 0 saturated carbocycles. The van der Waals surface area contributed by atoms with Gasteiger partial charge in [-0.15, -0.1) is 0 Å². The summed E-state index contributed by atoms with van der Waals surface area (Å²) >= 11 is 0. The highest BCUT2D eigenvalue weighted by molar-refractivity contribution is 5.72. The van der Waals surface area contributed by atoms with Gasteiger partial charge in [-0.2, -0.15) is 0 Å². The van der Waals surface area contributed by atoms with Crippen LogP contribution in [0.25, 0.3) is 11.3 Å². The largest absolute Gasteiger partial charge is 0.427 e. The van der Waals surface area contributed by atoms with E-state index in [0.717, 1.165) is 42.6 Å². The van der Waals surface area contributed by atoms with E-state index in [2.05, 4.69) is 23.8 Å². The van der Waals surface area contributed by atoms with Gasteiger partial charge in [-0.1, -0.05) is 71.6 Å². The molecular formula is C26H38N2O2. The SMILES string of the molecule is CCCCCCCCCCc1cnc(-c2ccc(OC(=O)CCCCC)cc2)cn1. The van der Waals surface area contributed by atoms with Crippen molar-refractivity contribution in [3.63, 3.8) is 0 Å². The topological polar surface area (TPSA) is 52.1 Å². The lowest BCUT2D eigenvalue weighted by Gasteiger charge is -2.06. The fraction of sp³-hybridized carbons (Fsp3) is 0.577. The number of unbranched alkanes of at least 4 members (excludes halogenated alkanes) is 9. The Balaban J connectivity index is 1.72. The summed E-state index contributed by atoms with van der Waals surface area (Å²) in [6.07, 6.45) is 18.8. The molecular weight excluding hydrogens is 372 g/mol. The maximum absolute atomic E-state index is 11.8. The van der Waals surface area contributed by atoms with Crippen molar-refractivity contribution in [1.82, 2.24) is 9.97 Å². The minimum atomic E-state index is -0.165. The molecule has 0 unspecified atom stereocenters. The third-order valence-electron chi connectivity index (χ3n) is 5.36. The number of carbonyl (C=O) groups excluding carboxylic acids is 1. The normalized spacial score (nSPS) is 10.9. The van der Waals surface area contributed by atoms with Gasteiger partial charge in [0.1, 0.15) is 5.75 Å². The van der Waals surface area contributed by atoms with Gasteiger partial charge >= 0.3 is 5.97 Å². The molecule has 4 heteroatoms. The van der Waals surface area contributed by atoms with E-state index in [1.807, 2.05) is 36.7 Å². The second-order valence-corrected chi connectivity index (χ2v) is 8.07. The minimum absolute atomic E-state index is 0.165. The summed E-state index contributed by atoms with van der Waals surface area (Å²) in [6.45, 7) is 4.38. The Hall–Kier alpha value is -2.23. The van der Waals surface area contributed by atoms with E-state index >= 15 is 0 Å². The zero-order chi connectivity index (χ0) is 21.4. The van der Waals surface area contributed by atoms with Gasteiger partial charge in [-0.25, -0.2) is 0 Å². The summed E-state index contributed by atoms with van der Waals surface area (Å²) in [7, 11) is 0. The summed E-state index contributed by atoms with van der Waals surface area (Å²) < 4.78 is 5.39. The highest BCUT2D eigenvalue weighted by atomic mass is 16.5. The molecule has 164 valence electrons. The summed E-state index contributed by atoms with van der Waals surface area (Å²) in [5, 5.41) is 0. The van der Waals surface area contributed by atoms with Crippen molar-refractivity contribution >= 4 is 5.97 Å². The number of hydrogen-bond acceptors (Lipinski definition) is 4. The van der Waals surface area contributed by atoms with Crippen molar-refractivity contribution in [3.05, 3.63) is 42.4 Å². The fourth-order valence-corrected chi connectivity index (χ4v) is 3.47. The van der Waals surface area contributed by atoms with Crippen molar-refractivity contribution < 1.29 is 9.53 Å². The predicted molar refractivity (Wildman–Crippen MR) is 124 cm³/mol. The molecule has 1 aromatic heterocycles. The second kappa shape index (κ2) is 14.7. The van der Waals surface area contributed by atoms with Gasteiger partial charge in [0.05, 0.1) is 17.6 Å². The molecule has 0 saturated heterocycles. The van der Waals surface area contributed by atoms with E-state index in [1.54, 1.807) is 0 Å². The van der Waals surface area contributed by atoms with Crippen LogP contribution in [0.15, 0.2) is 36.7 Å². The van der Waals surface area contributed by atoms with Crippen LogP contribution < -0.4 is 4.74 Å². The first-order valence-electron chi connectivity index (χ1n) is 11.8. The third-order valence-corrected chi connectivity index (χ3v) is 5.36. The molecule has 0 spiro atoms. The Morgan fingerprint density at radius 2 is 1.40 bits per heavy atom. The van der Waals surface area contributed by atoms with Crippen molar-refractivity contribution in [1.29, 1.82) is 0 Å². The molecule has 0 amide bonds. The number of nitrogens with zero attached hydrogens (tertiary/aromatic N) is 2. The Kier molecular flexibility index (Phi) is 11.8. The van der Waals surface area contributed by atoms with E-state index in [4.69, 9.17) is 4.74 Å². The zero-order valence-electron chi connectivity index (χ0n) is 18.9. The van der Waals surface area contributed by atoms with Gasteiger partial charge in [0.2, 0.25) is 0 Å². The Bertz CT molecular complexity index is 711. The lowest BCUT2D eigenvalue weighted by atomic mass is 10.1. The van der Waals surface area contributed by atoms with Gasteiger partial charge in [0.25, 0.3) is 0 Å². The molecule has 2 rings (SSSR count). The lowest BCUT2D eigenvalue weighted by Crippen LogP contribution is -2.07. The molecule has 0 aliphatic heterocycles.